The molecule has 2 rings (SSSR count). The van der Waals surface area contributed by atoms with E-state index in [-0.39, 0.29) is 5.41 Å². The summed E-state index contributed by atoms with van der Waals surface area (Å²) in [5.41, 5.74) is 0.0278. The molecule has 20 heavy (non-hydrogen) atoms. The Morgan fingerprint density at radius 2 is 1.65 bits per heavy atom. The Morgan fingerprint density at radius 3 is 2.00 bits per heavy atom. The second kappa shape index (κ2) is 7.04. The highest BCUT2D eigenvalue weighted by Gasteiger charge is 2.45. The average Bonchev–Trinajstić information content (AvgIpc) is 2.67. The fraction of sp³-hybridized carbons (Fsp3) is 0.615. The molecule has 0 aliphatic carbocycles. The van der Waals surface area contributed by atoms with Crippen molar-refractivity contribution in [3.05, 3.63) is 12.2 Å². The van der Waals surface area contributed by atoms with Gasteiger partial charge in [0.15, 0.2) is 0 Å². The summed E-state index contributed by atoms with van der Waals surface area (Å²) in [5.74, 6) is -2.14. The van der Waals surface area contributed by atoms with E-state index in [0.717, 1.165) is 38.9 Å². The van der Waals surface area contributed by atoms with Gasteiger partial charge in [-0.3, -0.25) is 4.79 Å². The third-order valence-electron chi connectivity index (χ3n) is 3.66. The molecule has 0 unspecified atom stereocenters. The molecule has 0 atom stereocenters. The molecule has 2 aliphatic heterocycles. The average molecular weight is 284 g/mol. The maximum absolute atomic E-state index is 11.8. The monoisotopic (exact) mass is 284 g/mol. The molecule has 7 heteroatoms. The largest absolute Gasteiger partial charge is 0.478 e. The predicted octanol–water partition coefficient (Wildman–Crippen LogP) is -0.0699. The number of carboxylic acid groups (broad SMARTS) is 2. The van der Waals surface area contributed by atoms with E-state index in [2.05, 4.69) is 5.32 Å². The maximum Gasteiger partial charge on any atom is 0.328 e. The third kappa shape index (κ3) is 4.34. The van der Waals surface area contributed by atoms with Gasteiger partial charge in [0.25, 0.3) is 0 Å². The molecule has 112 valence electrons. The fourth-order valence-corrected chi connectivity index (χ4v) is 2.51. The number of carbonyl (C=O) groups is 3. The summed E-state index contributed by atoms with van der Waals surface area (Å²) >= 11 is 0. The molecule has 7 nitrogen and oxygen atoms in total. The molecule has 2 heterocycles. The van der Waals surface area contributed by atoms with Crippen LogP contribution in [0.15, 0.2) is 12.2 Å². The van der Waals surface area contributed by atoms with E-state index in [1.54, 1.807) is 0 Å². The van der Waals surface area contributed by atoms with Crippen LogP contribution < -0.4 is 5.32 Å². The number of carbonyl (C=O) groups excluding carboxylic acids is 1. The second-order valence-electron chi connectivity index (χ2n) is 5.02. The molecule has 2 aliphatic rings. The first-order chi connectivity index (χ1) is 9.37. The van der Waals surface area contributed by atoms with Crippen molar-refractivity contribution in [2.24, 2.45) is 5.41 Å². The Kier molecular flexibility index (Phi) is 5.69. The maximum atomic E-state index is 11.8. The van der Waals surface area contributed by atoms with E-state index >= 15 is 0 Å². The normalized spacial score (nSPS) is 20.9. The van der Waals surface area contributed by atoms with Crippen LogP contribution in [0.1, 0.15) is 19.3 Å². The molecule has 0 radical (unpaired) electrons. The van der Waals surface area contributed by atoms with Crippen molar-refractivity contribution in [2.45, 2.75) is 19.3 Å². The van der Waals surface area contributed by atoms with Crippen LogP contribution in [0.5, 0.6) is 0 Å². The first-order valence-electron chi connectivity index (χ1n) is 6.48. The highest BCUT2D eigenvalue weighted by atomic mass is 16.4. The smallest absolute Gasteiger partial charge is 0.328 e. The van der Waals surface area contributed by atoms with Crippen LogP contribution >= 0.6 is 0 Å². The van der Waals surface area contributed by atoms with Crippen LogP contribution in [0, 0.1) is 5.41 Å². The molecular weight excluding hydrogens is 264 g/mol. The lowest BCUT2D eigenvalue weighted by atomic mass is 9.78. The fourth-order valence-electron chi connectivity index (χ4n) is 2.51. The van der Waals surface area contributed by atoms with Crippen molar-refractivity contribution in [3.63, 3.8) is 0 Å². The van der Waals surface area contributed by atoms with Crippen molar-refractivity contribution in [2.75, 3.05) is 26.7 Å². The van der Waals surface area contributed by atoms with Crippen molar-refractivity contribution in [1.29, 1.82) is 0 Å². The Hall–Kier alpha value is -1.89. The first kappa shape index (κ1) is 16.2. The van der Waals surface area contributed by atoms with Gasteiger partial charge in [0.05, 0.1) is 5.41 Å². The molecule has 0 saturated carbocycles. The Bertz CT molecular complexity index is 391. The van der Waals surface area contributed by atoms with Crippen molar-refractivity contribution in [1.82, 2.24) is 10.2 Å². The number of amides is 1. The molecule has 3 N–H and O–H groups in total. The van der Waals surface area contributed by atoms with Gasteiger partial charge in [-0.05, 0) is 32.4 Å². The van der Waals surface area contributed by atoms with E-state index in [1.807, 2.05) is 11.9 Å². The van der Waals surface area contributed by atoms with Gasteiger partial charge in [0.2, 0.25) is 5.91 Å². The van der Waals surface area contributed by atoms with E-state index in [9.17, 15) is 14.4 Å². The zero-order valence-corrected chi connectivity index (χ0v) is 11.5. The van der Waals surface area contributed by atoms with Gasteiger partial charge >= 0.3 is 11.9 Å². The summed E-state index contributed by atoms with van der Waals surface area (Å²) in [7, 11) is 1.92. The molecule has 0 bridgehead atoms. The minimum Gasteiger partial charge on any atom is -0.478 e. The minimum atomic E-state index is -1.26. The van der Waals surface area contributed by atoms with Crippen LogP contribution in [0.4, 0.5) is 0 Å². The lowest BCUT2D eigenvalue weighted by Gasteiger charge is -2.31. The number of aliphatic carboxylic acids is 2. The molecular formula is C13H20N2O5. The highest BCUT2D eigenvalue weighted by molar-refractivity contribution is 5.89. The van der Waals surface area contributed by atoms with Gasteiger partial charge in [-0.15, -0.1) is 0 Å². The molecule has 1 amide bonds. The lowest BCUT2D eigenvalue weighted by molar-refractivity contribution is -0.136. The number of piperidine rings is 1. The van der Waals surface area contributed by atoms with Gasteiger partial charge in [-0.25, -0.2) is 9.59 Å². The number of nitrogens with zero attached hydrogens (tertiary/aromatic N) is 1. The number of nitrogens with one attached hydrogen (secondary N) is 1. The second-order valence-corrected chi connectivity index (χ2v) is 5.02. The first-order valence-corrected chi connectivity index (χ1v) is 6.48. The Morgan fingerprint density at radius 1 is 1.15 bits per heavy atom. The Balaban J connectivity index is 0.000000221. The van der Waals surface area contributed by atoms with Crippen molar-refractivity contribution < 1.29 is 24.6 Å². The minimum absolute atomic E-state index is 0.0278. The topological polar surface area (TPSA) is 107 Å². The highest BCUT2D eigenvalue weighted by Crippen LogP contribution is 2.38. The van der Waals surface area contributed by atoms with Gasteiger partial charge < -0.3 is 20.4 Å². The quantitative estimate of drug-likeness (QED) is 0.613. The summed E-state index contributed by atoms with van der Waals surface area (Å²) < 4.78 is 0. The Labute approximate surface area is 117 Å². The summed E-state index contributed by atoms with van der Waals surface area (Å²) in [6, 6.07) is 0. The van der Waals surface area contributed by atoms with Crippen LogP contribution in [-0.4, -0.2) is 59.6 Å². The molecule has 0 aromatic rings. The number of likely N-dealkylation sites (tertiary alicyclic amines) is 1. The summed E-state index contributed by atoms with van der Waals surface area (Å²) in [5, 5.41) is 18.9. The number of hydrogen-bond acceptors (Lipinski definition) is 4. The van der Waals surface area contributed by atoms with E-state index in [4.69, 9.17) is 10.2 Å². The summed E-state index contributed by atoms with van der Waals surface area (Å²) in [4.78, 5) is 32.8. The summed E-state index contributed by atoms with van der Waals surface area (Å²) in [6.07, 6.45) is 4.26. The number of rotatable bonds is 2. The zero-order valence-electron chi connectivity index (χ0n) is 11.5. The van der Waals surface area contributed by atoms with Crippen LogP contribution in [-0.2, 0) is 14.4 Å². The van der Waals surface area contributed by atoms with Crippen molar-refractivity contribution >= 4 is 17.8 Å². The standard InChI is InChI=1S/C9H16N2O.C4H4O4/c1-11-7-4-9(8(11)12)2-5-10-6-3-9;5-3(6)1-2-4(7)8/h10H,2-7H2,1H3;1-2H,(H,5,6)(H,7,8)/b;2-1+. The van der Waals surface area contributed by atoms with Gasteiger partial charge in [-0.2, -0.15) is 0 Å². The summed E-state index contributed by atoms with van der Waals surface area (Å²) in [6.45, 7) is 2.98. The SMILES string of the molecule is CN1CCC2(CCNCC2)C1=O.O=C(O)/C=C/C(=O)O. The predicted molar refractivity (Wildman–Crippen MR) is 71.2 cm³/mol. The van der Waals surface area contributed by atoms with Gasteiger partial charge in [0.1, 0.15) is 0 Å². The molecule has 1 spiro atoms. The zero-order chi connectivity index (χ0) is 15.2. The molecule has 2 fully saturated rings. The van der Waals surface area contributed by atoms with Crippen LogP contribution in [0.2, 0.25) is 0 Å². The molecule has 2 saturated heterocycles. The van der Waals surface area contributed by atoms with E-state index in [1.165, 1.54) is 0 Å². The third-order valence-corrected chi connectivity index (χ3v) is 3.66. The van der Waals surface area contributed by atoms with Gasteiger partial charge in [0, 0.05) is 25.7 Å². The molecule has 0 aromatic carbocycles. The molecule has 0 aromatic heterocycles. The van der Waals surface area contributed by atoms with E-state index in [0.29, 0.717) is 18.1 Å². The van der Waals surface area contributed by atoms with Crippen LogP contribution in [0.3, 0.4) is 0 Å². The number of hydrogen-bond donors (Lipinski definition) is 3. The lowest BCUT2D eigenvalue weighted by Crippen LogP contribution is -2.41. The van der Waals surface area contributed by atoms with E-state index < -0.39 is 11.9 Å². The van der Waals surface area contributed by atoms with Crippen molar-refractivity contribution in [3.8, 4) is 0 Å². The van der Waals surface area contributed by atoms with Gasteiger partial charge in [-0.1, -0.05) is 0 Å². The van der Waals surface area contributed by atoms with Crippen LogP contribution in [0.25, 0.3) is 0 Å². The number of carboxylic acids is 2.